The lowest BCUT2D eigenvalue weighted by atomic mass is 9.80. The molecule has 2 fully saturated rings. The van der Waals surface area contributed by atoms with Crippen molar-refractivity contribution in [3.63, 3.8) is 0 Å². The maximum Gasteiger partial charge on any atom is 0.0805 e. The van der Waals surface area contributed by atoms with E-state index in [0.29, 0.717) is 6.04 Å². The first-order chi connectivity index (χ1) is 10.1. The van der Waals surface area contributed by atoms with E-state index in [2.05, 4.69) is 48.2 Å². The Morgan fingerprint density at radius 2 is 1.86 bits per heavy atom. The van der Waals surface area contributed by atoms with Gasteiger partial charge < -0.3 is 14.9 Å². The van der Waals surface area contributed by atoms with Crippen LogP contribution in [0.4, 0.5) is 0 Å². The monoisotopic (exact) mass is 288 g/mol. The second-order valence-corrected chi connectivity index (χ2v) is 6.94. The molecule has 1 saturated carbocycles. The first kappa shape index (κ1) is 15.0. The van der Waals surface area contributed by atoms with Crippen molar-refractivity contribution in [3.8, 4) is 0 Å². The van der Waals surface area contributed by atoms with Crippen molar-refractivity contribution in [1.29, 1.82) is 0 Å². The van der Waals surface area contributed by atoms with Crippen LogP contribution in [0.25, 0.3) is 0 Å². The highest BCUT2D eigenvalue weighted by atomic mass is 16.3. The third-order valence-corrected chi connectivity index (χ3v) is 5.37. The smallest absolute Gasteiger partial charge is 0.0805 e. The van der Waals surface area contributed by atoms with E-state index in [-0.39, 0.29) is 6.10 Å². The Bertz CT molecular complexity index is 455. The number of hydrogen-bond donors (Lipinski definition) is 1. The summed E-state index contributed by atoms with van der Waals surface area (Å²) in [5, 5.41) is 10.5. The molecular weight excluding hydrogens is 260 g/mol. The number of rotatable bonds is 4. The Morgan fingerprint density at radius 3 is 2.48 bits per heavy atom. The number of piperazine rings is 1. The number of benzene rings is 1. The standard InChI is InChI=1S/C18H28N2O/c1-19-10-11-20(2)17(13-19)12-18(21)16-8-6-15(7-9-16)14-4-3-5-14/h6-9,14,17-18,21H,3-5,10-13H2,1-2H3. The van der Waals surface area contributed by atoms with E-state index in [1.165, 1.54) is 24.8 Å². The fraction of sp³-hybridized carbons (Fsp3) is 0.667. The van der Waals surface area contributed by atoms with Crippen LogP contribution in [0.5, 0.6) is 0 Å². The molecule has 2 unspecified atom stereocenters. The van der Waals surface area contributed by atoms with Gasteiger partial charge in [-0.25, -0.2) is 0 Å². The van der Waals surface area contributed by atoms with E-state index in [4.69, 9.17) is 0 Å². The van der Waals surface area contributed by atoms with Crippen LogP contribution in [0.15, 0.2) is 24.3 Å². The number of likely N-dealkylation sites (N-methyl/N-ethyl adjacent to an activating group) is 2. The third kappa shape index (κ3) is 3.47. The SMILES string of the molecule is CN1CCN(C)C(CC(O)c2ccc(C3CCC3)cc2)C1. The molecule has 1 aliphatic heterocycles. The van der Waals surface area contributed by atoms with E-state index >= 15 is 0 Å². The fourth-order valence-corrected chi connectivity index (χ4v) is 3.48. The van der Waals surface area contributed by atoms with Crippen LogP contribution >= 0.6 is 0 Å². The molecule has 0 amide bonds. The van der Waals surface area contributed by atoms with Crippen molar-refractivity contribution in [3.05, 3.63) is 35.4 Å². The molecule has 0 bridgehead atoms. The first-order valence-corrected chi connectivity index (χ1v) is 8.30. The first-order valence-electron chi connectivity index (χ1n) is 8.30. The zero-order valence-electron chi connectivity index (χ0n) is 13.3. The average molecular weight is 288 g/mol. The molecule has 0 spiro atoms. The summed E-state index contributed by atoms with van der Waals surface area (Å²) in [4.78, 5) is 4.74. The normalized spacial score (nSPS) is 26.5. The molecule has 3 rings (SSSR count). The fourth-order valence-electron chi connectivity index (χ4n) is 3.48. The van der Waals surface area contributed by atoms with Gasteiger partial charge in [-0.2, -0.15) is 0 Å². The van der Waals surface area contributed by atoms with Crippen molar-refractivity contribution >= 4 is 0 Å². The highest BCUT2D eigenvalue weighted by Gasteiger charge is 2.25. The maximum atomic E-state index is 10.5. The number of aliphatic hydroxyl groups is 1. The lowest BCUT2D eigenvalue weighted by Crippen LogP contribution is -2.50. The second kappa shape index (κ2) is 6.47. The van der Waals surface area contributed by atoms with Gasteiger partial charge in [-0.1, -0.05) is 30.7 Å². The Kier molecular flexibility index (Phi) is 4.63. The predicted octanol–water partition coefficient (Wildman–Crippen LogP) is 2.62. The Balaban J connectivity index is 1.60. The summed E-state index contributed by atoms with van der Waals surface area (Å²) >= 11 is 0. The van der Waals surface area contributed by atoms with Gasteiger partial charge in [0.15, 0.2) is 0 Å². The Morgan fingerprint density at radius 1 is 1.14 bits per heavy atom. The van der Waals surface area contributed by atoms with E-state index in [0.717, 1.165) is 37.5 Å². The Labute approximate surface area is 128 Å². The second-order valence-electron chi connectivity index (χ2n) is 6.94. The summed E-state index contributed by atoms with van der Waals surface area (Å²) in [7, 11) is 4.34. The molecule has 21 heavy (non-hydrogen) atoms. The molecule has 116 valence electrons. The summed E-state index contributed by atoms with van der Waals surface area (Å²) in [6.45, 7) is 3.27. The van der Waals surface area contributed by atoms with Gasteiger partial charge in [0.05, 0.1) is 6.10 Å². The van der Waals surface area contributed by atoms with Gasteiger partial charge in [0, 0.05) is 25.7 Å². The summed E-state index contributed by atoms with van der Waals surface area (Å²) in [5.74, 6) is 0.773. The lowest BCUT2D eigenvalue weighted by molar-refractivity contribution is 0.0635. The van der Waals surface area contributed by atoms with E-state index in [1.807, 2.05) is 0 Å². The number of aliphatic hydroxyl groups excluding tert-OH is 1. The van der Waals surface area contributed by atoms with E-state index in [9.17, 15) is 5.11 Å². The summed E-state index contributed by atoms with van der Waals surface area (Å²) in [6.07, 6.45) is 4.52. The van der Waals surface area contributed by atoms with Gasteiger partial charge in [0.1, 0.15) is 0 Å². The van der Waals surface area contributed by atoms with Gasteiger partial charge in [-0.3, -0.25) is 0 Å². The largest absolute Gasteiger partial charge is 0.388 e. The van der Waals surface area contributed by atoms with Crippen LogP contribution < -0.4 is 0 Å². The maximum absolute atomic E-state index is 10.5. The third-order valence-electron chi connectivity index (χ3n) is 5.37. The minimum atomic E-state index is -0.348. The minimum absolute atomic E-state index is 0.348. The quantitative estimate of drug-likeness (QED) is 0.922. The molecule has 2 atom stereocenters. The zero-order chi connectivity index (χ0) is 14.8. The molecule has 1 aliphatic carbocycles. The van der Waals surface area contributed by atoms with Crippen molar-refractivity contribution in [2.75, 3.05) is 33.7 Å². The van der Waals surface area contributed by atoms with Gasteiger partial charge in [0.25, 0.3) is 0 Å². The minimum Gasteiger partial charge on any atom is -0.388 e. The molecule has 3 heteroatoms. The molecule has 0 radical (unpaired) electrons. The molecule has 1 heterocycles. The van der Waals surface area contributed by atoms with Crippen LogP contribution in [-0.2, 0) is 0 Å². The molecule has 1 saturated heterocycles. The lowest BCUT2D eigenvalue weighted by Gasteiger charge is -2.38. The van der Waals surface area contributed by atoms with Crippen LogP contribution in [0.3, 0.4) is 0 Å². The van der Waals surface area contributed by atoms with Crippen LogP contribution in [0.1, 0.15) is 48.8 Å². The van der Waals surface area contributed by atoms with Crippen LogP contribution in [0.2, 0.25) is 0 Å². The molecule has 1 N–H and O–H groups in total. The van der Waals surface area contributed by atoms with Crippen molar-refractivity contribution in [2.24, 2.45) is 0 Å². The zero-order valence-corrected chi connectivity index (χ0v) is 13.3. The summed E-state index contributed by atoms with van der Waals surface area (Å²) in [5.41, 5.74) is 2.52. The van der Waals surface area contributed by atoms with Crippen molar-refractivity contribution in [2.45, 2.75) is 43.7 Å². The van der Waals surface area contributed by atoms with Gasteiger partial charge >= 0.3 is 0 Å². The van der Waals surface area contributed by atoms with Crippen LogP contribution in [-0.4, -0.2) is 54.7 Å². The molecular formula is C18H28N2O. The summed E-state index contributed by atoms with van der Waals surface area (Å²) in [6, 6.07) is 9.15. The predicted molar refractivity (Wildman–Crippen MR) is 86.5 cm³/mol. The molecule has 1 aromatic carbocycles. The highest BCUT2D eigenvalue weighted by molar-refractivity contribution is 5.28. The highest BCUT2D eigenvalue weighted by Crippen LogP contribution is 2.36. The van der Waals surface area contributed by atoms with E-state index < -0.39 is 0 Å². The molecule has 1 aromatic rings. The van der Waals surface area contributed by atoms with Gasteiger partial charge in [0.2, 0.25) is 0 Å². The topological polar surface area (TPSA) is 26.7 Å². The molecule has 2 aliphatic rings. The van der Waals surface area contributed by atoms with Crippen molar-refractivity contribution < 1.29 is 5.11 Å². The van der Waals surface area contributed by atoms with Gasteiger partial charge in [-0.05, 0) is 50.4 Å². The van der Waals surface area contributed by atoms with Crippen molar-refractivity contribution in [1.82, 2.24) is 9.80 Å². The average Bonchev–Trinajstić information content (AvgIpc) is 2.42. The Hall–Kier alpha value is -0.900. The molecule has 0 aromatic heterocycles. The molecule has 3 nitrogen and oxygen atoms in total. The number of nitrogens with zero attached hydrogens (tertiary/aromatic N) is 2. The van der Waals surface area contributed by atoms with E-state index in [1.54, 1.807) is 0 Å². The van der Waals surface area contributed by atoms with Crippen LogP contribution in [0, 0.1) is 0 Å². The van der Waals surface area contributed by atoms with Gasteiger partial charge in [-0.15, -0.1) is 0 Å². The number of hydrogen-bond acceptors (Lipinski definition) is 3. The summed E-state index contributed by atoms with van der Waals surface area (Å²) < 4.78 is 0.